The van der Waals surface area contributed by atoms with Gasteiger partial charge in [-0.15, -0.1) is 0 Å². The highest BCUT2D eigenvalue weighted by Gasteiger charge is 2.34. The normalized spacial score (nSPS) is 26.4. The van der Waals surface area contributed by atoms with Crippen molar-refractivity contribution in [3.63, 3.8) is 0 Å². The average Bonchev–Trinajstić information content (AvgIpc) is 2.71. The Bertz CT molecular complexity index is 907. The van der Waals surface area contributed by atoms with Gasteiger partial charge in [0.2, 0.25) is 11.6 Å². The predicted octanol–water partition coefficient (Wildman–Crippen LogP) is 3.76. The number of hydrogen-bond donors (Lipinski definition) is 4. The molecule has 2 aliphatic rings. The van der Waals surface area contributed by atoms with Crippen LogP contribution in [-0.2, 0) is 14.4 Å². The van der Waals surface area contributed by atoms with E-state index in [0.29, 0.717) is 5.92 Å². The first kappa shape index (κ1) is 25.6. The van der Waals surface area contributed by atoms with Gasteiger partial charge in [-0.3, -0.25) is 9.59 Å². The fraction of sp³-hybridized carbons (Fsp3) is 0.560. The number of hydrogen-bond acceptors (Lipinski definition) is 6. The van der Waals surface area contributed by atoms with Crippen LogP contribution in [0.2, 0.25) is 0 Å². The third-order valence-corrected chi connectivity index (χ3v) is 7.03. The van der Waals surface area contributed by atoms with Gasteiger partial charge in [0.25, 0.3) is 0 Å². The topological polar surface area (TPSA) is 124 Å². The molecule has 4 N–H and O–H groups in total. The fourth-order valence-corrected chi connectivity index (χ4v) is 4.31. The monoisotopic (exact) mass is 445 g/mol. The number of carbonyl (C=O) groups is 3. The molecule has 32 heavy (non-hydrogen) atoms. The Kier molecular flexibility index (Phi) is 8.24. The Labute approximate surface area is 189 Å². The molecule has 7 heteroatoms. The molecule has 0 aromatic carbocycles. The smallest absolute Gasteiger partial charge is 0.328 e. The summed E-state index contributed by atoms with van der Waals surface area (Å²) in [5.41, 5.74) is 2.44. The molecule has 0 radical (unpaired) electrons. The highest BCUT2D eigenvalue weighted by atomic mass is 16.4. The Balaban J connectivity index is 2.13. The minimum absolute atomic E-state index is 0.0683. The van der Waals surface area contributed by atoms with Gasteiger partial charge in [-0.2, -0.15) is 0 Å². The van der Waals surface area contributed by atoms with E-state index in [-0.39, 0.29) is 23.1 Å². The lowest BCUT2D eigenvalue weighted by Gasteiger charge is -2.40. The summed E-state index contributed by atoms with van der Waals surface area (Å²) in [5.74, 6) is -2.95. The summed E-state index contributed by atoms with van der Waals surface area (Å²) in [5, 5.41) is 31.9. The highest BCUT2D eigenvalue weighted by Crippen LogP contribution is 2.45. The molecule has 176 valence electrons. The number of carbonyl (C=O) groups excluding carboxylic acids is 2. The van der Waals surface area contributed by atoms with Crippen molar-refractivity contribution in [1.82, 2.24) is 5.32 Å². The minimum Gasteiger partial charge on any atom is -0.505 e. The van der Waals surface area contributed by atoms with E-state index in [2.05, 4.69) is 32.2 Å². The Morgan fingerprint density at radius 3 is 2.62 bits per heavy atom. The van der Waals surface area contributed by atoms with Crippen molar-refractivity contribution < 1.29 is 29.7 Å². The molecule has 0 amide bonds. The van der Waals surface area contributed by atoms with Crippen molar-refractivity contribution in [2.75, 3.05) is 0 Å². The summed E-state index contributed by atoms with van der Waals surface area (Å²) >= 11 is 0. The molecular formula is C25H35NO6. The van der Waals surface area contributed by atoms with E-state index in [1.54, 1.807) is 0 Å². The van der Waals surface area contributed by atoms with Gasteiger partial charge in [-0.1, -0.05) is 37.1 Å². The third-order valence-electron chi connectivity index (χ3n) is 7.03. The van der Waals surface area contributed by atoms with E-state index >= 15 is 0 Å². The van der Waals surface area contributed by atoms with Crippen LogP contribution < -0.4 is 5.32 Å². The molecule has 0 saturated carbocycles. The molecule has 0 heterocycles. The van der Waals surface area contributed by atoms with Gasteiger partial charge in [0.1, 0.15) is 5.76 Å². The van der Waals surface area contributed by atoms with Gasteiger partial charge >= 0.3 is 5.97 Å². The number of carboxylic acid groups (broad SMARTS) is 1. The van der Waals surface area contributed by atoms with Crippen LogP contribution in [-0.4, -0.2) is 45.0 Å². The van der Waals surface area contributed by atoms with E-state index in [4.69, 9.17) is 0 Å². The third kappa shape index (κ3) is 5.76. The number of aliphatic carboxylic acids is 1. The first-order chi connectivity index (χ1) is 14.9. The van der Waals surface area contributed by atoms with Crippen LogP contribution in [0.3, 0.4) is 0 Å². The van der Waals surface area contributed by atoms with Crippen molar-refractivity contribution in [1.29, 1.82) is 0 Å². The number of aliphatic hydroxyl groups is 2. The predicted molar refractivity (Wildman–Crippen MR) is 122 cm³/mol. The van der Waals surface area contributed by atoms with Gasteiger partial charge in [-0.05, 0) is 64.2 Å². The number of allylic oxidation sites excluding steroid dienone is 6. The van der Waals surface area contributed by atoms with E-state index in [0.717, 1.165) is 37.3 Å². The zero-order chi connectivity index (χ0) is 24.2. The number of Topliss-reactive ketones (excluding diaryl/α,β-unsaturated/α-hetero) is 1. The lowest BCUT2D eigenvalue weighted by molar-refractivity contribution is -0.141. The van der Waals surface area contributed by atoms with Gasteiger partial charge in [0.05, 0.1) is 17.4 Å². The summed E-state index contributed by atoms with van der Waals surface area (Å²) < 4.78 is 0. The standard InChI is InChI=1S/C25H35NO6/c1-14(10-12-25(5)11-6-7-15(2)16(25)3)8-9-18-22(29)19(13-20(28)23(18)30)26-21(17(4)27)24(31)32/h7-8,13,16-17,21,26-27,29H,6,9-12H2,1-5H3,(H,31,32)/b14-8+/t16-,17+,21+,25-/m1/s1. The number of aliphatic hydroxyl groups excluding tert-OH is 2. The van der Waals surface area contributed by atoms with Crippen LogP contribution in [0.25, 0.3) is 0 Å². The van der Waals surface area contributed by atoms with Crippen molar-refractivity contribution in [3.05, 3.63) is 46.4 Å². The first-order valence-corrected chi connectivity index (χ1v) is 11.1. The summed E-state index contributed by atoms with van der Waals surface area (Å²) in [7, 11) is 0. The second-order valence-corrected chi connectivity index (χ2v) is 9.40. The van der Waals surface area contributed by atoms with E-state index < -0.39 is 35.4 Å². The summed E-state index contributed by atoms with van der Waals surface area (Å²) in [6, 6.07) is -1.43. The Hall–Kier alpha value is -2.67. The molecule has 0 unspecified atom stereocenters. The van der Waals surface area contributed by atoms with Crippen LogP contribution in [0.1, 0.15) is 66.7 Å². The van der Waals surface area contributed by atoms with Crippen LogP contribution in [0.5, 0.6) is 0 Å². The lowest BCUT2D eigenvalue weighted by atomic mass is 9.65. The zero-order valence-corrected chi connectivity index (χ0v) is 19.6. The van der Waals surface area contributed by atoms with Crippen molar-refractivity contribution >= 4 is 17.5 Å². The molecule has 0 bridgehead atoms. The maximum atomic E-state index is 12.3. The van der Waals surface area contributed by atoms with Gasteiger partial charge in [-0.25, -0.2) is 4.79 Å². The summed E-state index contributed by atoms with van der Waals surface area (Å²) in [6.45, 7) is 9.99. The molecule has 0 saturated heterocycles. The maximum Gasteiger partial charge on any atom is 0.328 e. The van der Waals surface area contributed by atoms with Gasteiger partial charge < -0.3 is 20.6 Å². The van der Waals surface area contributed by atoms with E-state index in [1.165, 1.54) is 12.5 Å². The minimum atomic E-state index is -1.43. The average molecular weight is 446 g/mol. The van der Waals surface area contributed by atoms with Gasteiger partial charge in [0, 0.05) is 6.08 Å². The molecule has 4 atom stereocenters. The van der Waals surface area contributed by atoms with Crippen LogP contribution in [0.15, 0.2) is 46.4 Å². The van der Waals surface area contributed by atoms with E-state index in [9.17, 15) is 29.7 Å². The summed E-state index contributed by atoms with van der Waals surface area (Å²) in [6.07, 6.45) is 7.86. The van der Waals surface area contributed by atoms with Crippen LogP contribution in [0, 0.1) is 11.3 Å². The van der Waals surface area contributed by atoms with Crippen LogP contribution >= 0.6 is 0 Å². The summed E-state index contributed by atoms with van der Waals surface area (Å²) in [4.78, 5) is 35.8. The molecule has 0 aliphatic heterocycles. The number of carboxylic acids is 1. The second kappa shape index (κ2) is 10.3. The highest BCUT2D eigenvalue weighted by molar-refractivity contribution is 6.48. The largest absolute Gasteiger partial charge is 0.505 e. The molecule has 7 nitrogen and oxygen atoms in total. The Morgan fingerprint density at radius 1 is 1.38 bits per heavy atom. The molecular weight excluding hydrogens is 410 g/mol. The van der Waals surface area contributed by atoms with Crippen molar-refractivity contribution in [3.8, 4) is 0 Å². The fourth-order valence-electron chi connectivity index (χ4n) is 4.31. The molecule has 2 aliphatic carbocycles. The second-order valence-electron chi connectivity index (χ2n) is 9.40. The SMILES string of the molecule is CC1=CCC[C@](C)(CC/C(C)=C/CC2=C(O)C(N[C@H](C(=O)O)[C@H](C)O)=CC(=O)C2=O)[C@@H]1C. The quantitative estimate of drug-likeness (QED) is 0.242. The number of nitrogens with one attached hydrogen (secondary N) is 1. The molecule has 0 fully saturated rings. The van der Waals surface area contributed by atoms with E-state index in [1.807, 2.05) is 13.0 Å². The van der Waals surface area contributed by atoms with Gasteiger partial charge in [0.15, 0.2) is 6.04 Å². The molecule has 0 aromatic rings. The molecule has 0 aromatic heterocycles. The van der Waals surface area contributed by atoms with Crippen molar-refractivity contribution in [2.45, 2.75) is 78.9 Å². The number of rotatable bonds is 9. The maximum absolute atomic E-state index is 12.3. The first-order valence-electron chi connectivity index (χ1n) is 11.1. The Morgan fingerprint density at radius 2 is 2.03 bits per heavy atom. The lowest BCUT2D eigenvalue weighted by Crippen LogP contribution is -2.45. The van der Waals surface area contributed by atoms with Crippen LogP contribution in [0.4, 0.5) is 0 Å². The molecule has 2 rings (SSSR count). The number of ketones is 2. The van der Waals surface area contributed by atoms with Crippen molar-refractivity contribution in [2.24, 2.45) is 11.3 Å². The zero-order valence-electron chi connectivity index (χ0n) is 19.6. The molecule has 0 spiro atoms.